The van der Waals surface area contributed by atoms with E-state index in [2.05, 4.69) is 5.32 Å². The number of carbonyl (C=O) groups is 3. The van der Waals surface area contributed by atoms with E-state index in [4.69, 9.17) is 0 Å². The van der Waals surface area contributed by atoms with E-state index in [1.807, 2.05) is 13.8 Å². The highest BCUT2D eigenvalue weighted by Gasteiger charge is 2.41. The van der Waals surface area contributed by atoms with Gasteiger partial charge in [0.05, 0.1) is 5.56 Å². The molecule has 2 aromatic rings. The Labute approximate surface area is 205 Å². The first-order chi connectivity index (χ1) is 16.6. The smallest absolute Gasteiger partial charge is 0.269 e. The second-order valence-electron chi connectivity index (χ2n) is 8.84. The number of amides is 3. The Balaban J connectivity index is 1.81. The molecule has 2 aromatic carbocycles. The van der Waals surface area contributed by atoms with Crippen LogP contribution in [0.2, 0.25) is 0 Å². The first-order valence-electron chi connectivity index (χ1n) is 11.5. The first kappa shape index (κ1) is 26.3. The van der Waals surface area contributed by atoms with Crippen molar-refractivity contribution in [3.8, 4) is 0 Å². The maximum atomic E-state index is 13.4. The minimum Gasteiger partial charge on any atom is -0.354 e. The standard InChI is InChI=1S/C25H30FN3O5S/c1-4-21(24(31)27-15-17(2)3)28(16-18-9-11-19(26)12-10-18)23(30)13-14-29-25(32)20-7-5-6-8-22(20)35(29,33)34/h5-12,17,21H,4,13-16H2,1-3H3,(H,27,31)/t21-/m1/s1. The lowest BCUT2D eigenvalue weighted by Gasteiger charge is -2.31. The predicted octanol–water partition coefficient (Wildman–Crippen LogP) is 2.94. The summed E-state index contributed by atoms with van der Waals surface area (Å²) in [7, 11) is -4.05. The molecule has 0 aromatic heterocycles. The summed E-state index contributed by atoms with van der Waals surface area (Å²) >= 11 is 0. The molecule has 35 heavy (non-hydrogen) atoms. The van der Waals surface area contributed by atoms with Crippen molar-refractivity contribution in [2.75, 3.05) is 13.1 Å². The van der Waals surface area contributed by atoms with Crippen LogP contribution in [-0.4, -0.2) is 54.5 Å². The predicted molar refractivity (Wildman–Crippen MR) is 128 cm³/mol. The Morgan fingerprint density at radius 2 is 1.74 bits per heavy atom. The number of fused-ring (bicyclic) bond motifs is 1. The molecule has 0 spiro atoms. The molecule has 1 N–H and O–H groups in total. The maximum absolute atomic E-state index is 13.4. The summed E-state index contributed by atoms with van der Waals surface area (Å²) in [6, 6.07) is 10.7. The van der Waals surface area contributed by atoms with Gasteiger partial charge in [-0.2, -0.15) is 0 Å². The van der Waals surface area contributed by atoms with Crippen LogP contribution in [0, 0.1) is 11.7 Å². The third-order valence-corrected chi connectivity index (χ3v) is 7.62. The molecule has 0 aliphatic carbocycles. The average Bonchev–Trinajstić information content (AvgIpc) is 3.02. The number of benzene rings is 2. The Morgan fingerprint density at radius 3 is 2.34 bits per heavy atom. The molecule has 1 atom stereocenters. The number of carbonyl (C=O) groups excluding carboxylic acids is 3. The van der Waals surface area contributed by atoms with Crippen LogP contribution in [-0.2, 0) is 26.2 Å². The monoisotopic (exact) mass is 503 g/mol. The van der Waals surface area contributed by atoms with Gasteiger partial charge in [-0.25, -0.2) is 17.1 Å². The van der Waals surface area contributed by atoms with Crippen LogP contribution < -0.4 is 5.32 Å². The van der Waals surface area contributed by atoms with Crippen LogP contribution in [0.5, 0.6) is 0 Å². The summed E-state index contributed by atoms with van der Waals surface area (Å²) < 4.78 is 39.7. The maximum Gasteiger partial charge on any atom is 0.269 e. The molecular weight excluding hydrogens is 473 g/mol. The van der Waals surface area contributed by atoms with Crippen molar-refractivity contribution < 1.29 is 27.2 Å². The van der Waals surface area contributed by atoms with E-state index in [0.717, 1.165) is 0 Å². The van der Waals surface area contributed by atoms with Crippen molar-refractivity contribution in [2.24, 2.45) is 5.92 Å². The van der Waals surface area contributed by atoms with Crippen molar-refractivity contribution in [3.05, 3.63) is 65.5 Å². The molecule has 0 fully saturated rings. The van der Waals surface area contributed by atoms with E-state index >= 15 is 0 Å². The fraction of sp³-hybridized carbons (Fsp3) is 0.400. The minimum absolute atomic E-state index is 0.0354. The molecule has 0 radical (unpaired) electrons. The molecule has 0 unspecified atom stereocenters. The quantitative estimate of drug-likeness (QED) is 0.537. The van der Waals surface area contributed by atoms with E-state index in [-0.39, 0.29) is 41.8 Å². The fourth-order valence-corrected chi connectivity index (χ4v) is 5.49. The Kier molecular flexibility index (Phi) is 8.26. The third-order valence-electron chi connectivity index (χ3n) is 5.78. The zero-order valence-electron chi connectivity index (χ0n) is 20.0. The molecule has 0 saturated heterocycles. The van der Waals surface area contributed by atoms with Crippen LogP contribution in [0.3, 0.4) is 0 Å². The number of hydrogen-bond donors (Lipinski definition) is 1. The van der Waals surface area contributed by atoms with Crippen LogP contribution >= 0.6 is 0 Å². The van der Waals surface area contributed by atoms with Crippen LogP contribution in [0.25, 0.3) is 0 Å². The summed E-state index contributed by atoms with van der Waals surface area (Å²) in [6.07, 6.45) is 0.0252. The molecule has 188 valence electrons. The number of nitrogens with one attached hydrogen (secondary N) is 1. The molecule has 10 heteroatoms. The van der Waals surface area contributed by atoms with Gasteiger partial charge in [-0.3, -0.25) is 14.4 Å². The van der Waals surface area contributed by atoms with Crippen molar-refractivity contribution >= 4 is 27.7 Å². The molecule has 8 nitrogen and oxygen atoms in total. The Hall–Kier alpha value is -3.27. The van der Waals surface area contributed by atoms with Gasteiger partial charge in [-0.05, 0) is 42.2 Å². The van der Waals surface area contributed by atoms with Gasteiger partial charge in [0.2, 0.25) is 11.8 Å². The second-order valence-corrected chi connectivity index (χ2v) is 10.7. The third kappa shape index (κ3) is 5.87. The summed E-state index contributed by atoms with van der Waals surface area (Å²) in [6.45, 7) is 5.80. The van der Waals surface area contributed by atoms with Crippen LogP contribution in [0.1, 0.15) is 49.5 Å². The van der Waals surface area contributed by atoms with Gasteiger partial charge in [0.1, 0.15) is 16.8 Å². The number of hydrogen-bond acceptors (Lipinski definition) is 5. The second kappa shape index (κ2) is 11.0. The first-order valence-corrected chi connectivity index (χ1v) is 13.0. The molecule has 3 rings (SSSR count). The number of rotatable bonds is 10. The topological polar surface area (TPSA) is 104 Å². The van der Waals surface area contributed by atoms with Crippen molar-refractivity contribution in [2.45, 2.75) is 51.1 Å². The molecule has 1 aliphatic heterocycles. The van der Waals surface area contributed by atoms with Gasteiger partial charge >= 0.3 is 0 Å². The number of sulfonamides is 1. The molecule has 0 saturated carbocycles. The minimum atomic E-state index is -4.05. The fourth-order valence-electron chi connectivity index (χ4n) is 3.92. The zero-order valence-corrected chi connectivity index (χ0v) is 20.8. The Bertz CT molecular complexity index is 1200. The molecule has 1 heterocycles. The van der Waals surface area contributed by atoms with Gasteiger partial charge in [-0.1, -0.05) is 45.0 Å². The van der Waals surface area contributed by atoms with Gasteiger partial charge in [0.25, 0.3) is 15.9 Å². The molecule has 3 amide bonds. The lowest BCUT2D eigenvalue weighted by Crippen LogP contribution is -2.50. The molecular formula is C25H30FN3O5S. The lowest BCUT2D eigenvalue weighted by atomic mass is 10.1. The Morgan fingerprint density at radius 1 is 1.09 bits per heavy atom. The van der Waals surface area contributed by atoms with Crippen LogP contribution in [0.4, 0.5) is 4.39 Å². The van der Waals surface area contributed by atoms with Crippen molar-refractivity contribution in [1.29, 1.82) is 0 Å². The normalized spacial score (nSPS) is 15.1. The molecule has 0 bridgehead atoms. The molecule has 1 aliphatic rings. The van der Waals surface area contributed by atoms with E-state index < -0.39 is 33.7 Å². The van der Waals surface area contributed by atoms with E-state index in [0.29, 0.717) is 22.8 Å². The summed E-state index contributed by atoms with van der Waals surface area (Å²) in [4.78, 5) is 40.2. The van der Waals surface area contributed by atoms with Crippen molar-refractivity contribution in [1.82, 2.24) is 14.5 Å². The summed E-state index contributed by atoms with van der Waals surface area (Å²) in [5.41, 5.74) is 0.690. The number of halogens is 1. The van der Waals surface area contributed by atoms with E-state index in [9.17, 15) is 27.2 Å². The van der Waals surface area contributed by atoms with Gasteiger partial charge < -0.3 is 10.2 Å². The van der Waals surface area contributed by atoms with E-state index in [1.54, 1.807) is 13.0 Å². The highest BCUT2D eigenvalue weighted by Crippen LogP contribution is 2.30. The van der Waals surface area contributed by atoms with Gasteiger partial charge in [0, 0.05) is 26.1 Å². The SMILES string of the molecule is CC[C@H](C(=O)NCC(C)C)N(Cc1ccc(F)cc1)C(=O)CCN1C(=O)c2ccccc2S1(=O)=O. The highest BCUT2D eigenvalue weighted by atomic mass is 32.2. The summed E-state index contributed by atoms with van der Waals surface area (Å²) in [5.74, 6) is -1.70. The average molecular weight is 504 g/mol. The largest absolute Gasteiger partial charge is 0.354 e. The zero-order chi connectivity index (χ0) is 25.8. The van der Waals surface area contributed by atoms with Crippen molar-refractivity contribution in [3.63, 3.8) is 0 Å². The van der Waals surface area contributed by atoms with Gasteiger partial charge in [-0.15, -0.1) is 0 Å². The van der Waals surface area contributed by atoms with Gasteiger partial charge in [0.15, 0.2) is 0 Å². The number of nitrogens with zero attached hydrogens (tertiary/aromatic N) is 2. The van der Waals surface area contributed by atoms with E-state index in [1.165, 1.54) is 47.4 Å². The highest BCUT2D eigenvalue weighted by molar-refractivity contribution is 7.90. The summed E-state index contributed by atoms with van der Waals surface area (Å²) in [5, 5.41) is 2.84. The lowest BCUT2D eigenvalue weighted by molar-refractivity contribution is -0.141. The van der Waals surface area contributed by atoms with Crippen LogP contribution in [0.15, 0.2) is 53.4 Å².